The van der Waals surface area contributed by atoms with Crippen molar-refractivity contribution in [3.8, 4) is 5.75 Å². The summed E-state index contributed by atoms with van der Waals surface area (Å²) < 4.78 is 5.78. The number of rotatable bonds is 5. The highest BCUT2D eigenvalue weighted by atomic mass is 16.5. The first-order valence-corrected chi connectivity index (χ1v) is 8.06. The van der Waals surface area contributed by atoms with Crippen LogP contribution in [-0.4, -0.2) is 5.91 Å². The Hall–Kier alpha value is -3.27. The van der Waals surface area contributed by atoms with Crippen molar-refractivity contribution in [2.45, 2.75) is 13.5 Å². The van der Waals surface area contributed by atoms with Gasteiger partial charge in [0.05, 0.1) is 0 Å². The lowest BCUT2D eigenvalue weighted by atomic mass is 10.1. The van der Waals surface area contributed by atoms with Gasteiger partial charge in [-0.2, -0.15) is 0 Å². The third-order valence-corrected chi connectivity index (χ3v) is 3.84. The van der Waals surface area contributed by atoms with E-state index in [4.69, 9.17) is 10.5 Å². The van der Waals surface area contributed by atoms with Crippen molar-refractivity contribution in [3.05, 3.63) is 89.5 Å². The van der Waals surface area contributed by atoms with Crippen LogP contribution in [0.3, 0.4) is 0 Å². The number of hydrogen-bond donors (Lipinski definition) is 2. The Kier molecular flexibility index (Phi) is 5.00. The van der Waals surface area contributed by atoms with E-state index in [1.165, 1.54) is 0 Å². The standard InChI is InChI=1S/C21H20N2O2/c1-15-12-18(22)10-11-20(15)23-21(24)17-8-5-9-19(13-17)25-14-16-6-3-2-4-7-16/h2-13H,14,22H2,1H3,(H,23,24). The molecule has 0 atom stereocenters. The lowest BCUT2D eigenvalue weighted by Gasteiger charge is -2.11. The summed E-state index contributed by atoms with van der Waals surface area (Å²) in [4.78, 5) is 12.5. The van der Waals surface area contributed by atoms with Crippen LogP contribution in [0.25, 0.3) is 0 Å². The summed E-state index contributed by atoms with van der Waals surface area (Å²) >= 11 is 0. The first-order chi connectivity index (χ1) is 12.1. The number of aryl methyl sites for hydroxylation is 1. The smallest absolute Gasteiger partial charge is 0.255 e. The van der Waals surface area contributed by atoms with Crippen molar-refractivity contribution in [3.63, 3.8) is 0 Å². The third kappa shape index (κ3) is 4.38. The maximum absolute atomic E-state index is 12.5. The van der Waals surface area contributed by atoms with E-state index in [0.717, 1.165) is 16.8 Å². The molecule has 3 N–H and O–H groups in total. The van der Waals surface area contributed by atoms with E-state index >= 15 is 0 Å². The van der Waals surface area contributed by atoms with Gasteiger partial charge in [-0.05, 0) is 54.4 Å². The van der Waals surface area contributed by atoms with Gasteiger partial charge in [0, 0.05) is 16.9 Å². The van der Waals surface area contributed by atoms with Crippen LogP contribution in [0, 0.1) is 6.92 Å². The fraction of sp³-hybridized carbons (Fsp3) is 0.0952. The summed E-state index contributed by atoms with van der Waals surface area (Å²) in [6, 6.07) is 22.5. The molecular formula is C21H20N2O2. The van der Waals surface area contributed by atoms with Crippen molar-refractivity contribution < 1.29 is 9.53 Å². The van der Waals surface area contributed by atoms with Gasteiger partial charge in [0.25, 0.3) is 5.91 Å². The van der Waals surface area contributed by atoms with E-state index < -0.39 is 0 Å². The number of ether oxygens (including phenoxy) is 1. The highest BCUT2D eigenvalue weighted by molar-refractivity contribution is 6.04. The van der Waals surface area contributed by atoms with Gasteiger partial charge in [0.2, 0.25) is 0 Å². The largest absolute Gasteiger partial charge is 0.489 e. The first-order valence-electron chi connectivity index (χ1n) is 8.06. The second-order valence-electron chi connectivity index (χ2n) is 5.83. The molecule has 0 saturated heterocycles. The summed E-state index contributed by atoms with van der Waals surface area (Å²) in [6.45, 7) is 2.37. The van der Waals surface area contributed by atoms with Crippen LogP contribution in [0.4, 0.5) is 11.4 Å². The summed E-state index contributed by atoms with van der Waals surface area (Å²) in [5.41, 5.74) is 9.70. The summed E-state index contributed by atoms with van der Waals surface area (Å²) in [5, 5.41) is 2.90. The zero-order chi connectivity index (χ0) is 17.6. The molecule has 0 heterocycles. The van der Waals surface area contributed by atoms with Crippen molar-refractivity contribution >= 4 is 17.3 Å². The molecule has 3 rings (SSSR count). The van der Waals surface area contributed by atoms with Crippen molar-refractivity contribution in [1.29, 1.82) is 0 Å². The number of benzene rings is 3. The molecule has 0 aliphatic rings. The van der Waals surface area contributed by atoms with Gasteiger partial charge < -0.3 is 15.8 Å². The Bertz CT molecular complexity index is 876. The summed E-state index contributed by atoms with van der Waals surface area (Å²) in [7, 11) is 0. The SMILES string of the molecule is Cc1cc(N)ccc1NC(=O)c1cccc(OCc2ccccc2)c1. The van der Waals surface area contributed by atoms with Crippen molar-refractivity contribution in [2.24, 2.45) is 0 Å². The van der Waals surface area contributed by atoms with E-state index in [-0.39, 0.29) is 5.91 Å². The molecule has 0 saturated carbocycles. The molecule has 0 unspecified atom stereocenters. The molecule has 126 valence electrons. The summed E-state index contributed by atoms with van der Waals surface area (Å²) in [6.07, 6.45) is 0. The minimum Gasteiger partial charge on any atom is -0.489 e. The van der Waals surface area contributed by atoms with Crippen LogP contribution < -0.4 is 15.8 Å². The fourth-order valence-electron chi connectivity index (χ4n) is 2.49. The number of nitrogens with two attached hydrogens (primary N) is 1. The molecule has 0 bridgehead atoms. The molecule has 3 aromatic rings. The molecule has 25 heavy (non-hydrogen) atoms. The van der Waals surface area contributed by atoms with Gasteiger partial charge in [0.15, 0.2) is 0 Å². The van der Waals surface area contributed by atoms with Crippen LogP contribution >= 0.6 is 0 Å². The molecular weight excluding hydrogens is 312 g/mol. The van der Waals surface area contributed by atoms with Gasteiger partial charge in [-0.1, -0.05) is 36.4 Å². The van der Waals surface area contributed by atoms with Gasteiger partial charge in [-0.3, -0.25) is 4.79 Å². The van der Waals surface area contributed by atoms with Crippen LogP contribution in [0.5, 0.6) is 5.75 Å². The highest BCUT2D eigenvalue weighted by Gasteiger charge is 2.09. The van der Waals surface area contributed by atoms with E-state index in [1.54, 1.807) is 24.3 Å². The topological polar surface area (TPSA) is 64.3 Å². The molecule has 0 spiro atoms. The minimum atomic E-state index is -0.182. The molecule has 4 nitrogen and oxygen atoms in total. The molecule has 0 radical (unpaired) electrons. The van der Waals surface area contributed by atoms with E-state index in [9.17, 15) is 4.79 Å². The van der Waals surface area contributed by atoms with E-state index in [0.29, 0.717) is 23.6 Å². The summed E-state index contributed by atoms with van der Waals surface area (Å²) in [5.74, 6) is 0.476. The van der Waals surface area contributed by atoms with Crippen LogP contribution in [0.15, 0.2) is 72.8 Å². The zero-order valence-electron chi connectivity index (χ0n) is 14.0. The average Bonchev–Trinajstić information content (AvgIpc) is 2.63. The third-order valence-electron chi connectivity index (χ3n) is 3.84. The second-order valence-corrected chi connectivity index (χ2v) is 5.83. The number of nitrogens with one attached hydrogen (secondary N) is 1. The van der Waals surface area contributed by atoms with Gasteiger partial charge in [0.1, 0.15) is 12.4 Å². The van der Waals surface area contributed by atoms with E-state index in [1.807, 2.05) is 55.5 Å². The lowest BCUT2D eigenvalue weighted by molar-refractivity contribution is 0.102. The maximum atomic E-state index is 12.5. The van der Waals surface area contributed by atoms with Crippen LogP contribution in [0.1, 0.15) is 21.5 Å². The molecule has 1 amide bonds. The van der Waals surface area contributed by atoms with Crippen molar-refractivity contribution in [1.82, 2.24) is 0 Å². The Balaban J connectivity index is 1.69. The van der Waals surface area contributed by atoms with E-state index in [2.05, 4.69) is 5.32 Å². The molecule has 4 heteroatoms. The fourth-order valence-corrected chi connectivity index (χ4v) is 2.49. The molecule has 0 aliphatic carbocycles. The quantitative estimate of drug-likeness (QED) is 0.680. The number of nitrogen functional groups attached to an aromatic ring is 1. The second kappa shape index (κ2) is 7.53. The number of anilines is 2. The maximum Gasteiger partial charge on any atom is 0.255 e. The average molecular weight is 332 g/mol. The monoisotopic (exact) mass is 332 g/mol. The van der Waals surface area contributed by atoms with Gasteiger partial charge in [-0.25, -0.2) is 0 Å². The molecule has 3 aromatic carbocycles. The Morgan fingerprint density at radius 1 is 1.00 bits per heavy atom. The van der Waals surface area contributed by atoms with Crippen LogP contribution in [-0.2, 0) is 6.61 Å². The number of hydrogen-bond acceptors (Lipinski definition) is 3. The van der Waals surface area contributed by atoms with Crippen molar-refractivity contribution in [2.75, 3.05) is 11.1 Å². The first kappa shape index (κ1) is 16.6. The van der Waals surface area contributed by atoms with Crippen LogP contribution in [0.2, 0.25) is 0 Å². The lowest BCUT2D eigenvalue weighted by Crippen LogP contribution is -2.13. The van der Waals surface area contributed by atoms with Gasteiger partial charge in [-0.15, -0.1) is 0 Å². The Morgan fingerprint density at radius 3 is 2.56 bits per heavy atom. The Labute approximate surface area is 147 Å². The number of carbonyl (C=O) groups is 1. The molecule has 0 aliphatic heterocycles. The Morgan fingerprint density at radius 2 is 1.80 bits per heavy atom. The number of carbonyl (C=O) groups excluding carboxylic acids is 1. The highest BCUT2D eigenvalue weighted by Crippen LogP contribution is 2.20. The normalized spacial score (nSPS) is 10.3. The predicted molar refractivity (Wildman–Crippen MR) is 101 cm³/mol. The zero-order valence-corrected chi connectivity index (χ0v) is 14.0. The molecule has 0 aromatic heterocycles. The predicted octanol–water partition coefficient (Wildman–Crippen LogP) is 4.41. The number of amides is 1. The minimum absolute atomic E-state index is 0.182. The van der Waals surface area contributed by atoms with Gasteiger partial charge >= 0.3 is 0 Å². The molecule has 0 fully saturated rings.